The Morgan fingerprint density at radius 3 is 1.47 bits per heavy atom. The van der Waals surface area contributed by atoms with Crippen molar-refractivity contribution in [1.82, 2.24) is 0 Å². The van der Waals surface area contributed by atoms with Crippen molar-refractivity contribution in [2.45, 2.75) is 88.8 Å². The average molecular weight is 475 g/mol. The average Bonchev–Trinajstić information content (AvgIpc) is 2.84. The lowest BCUT2D eigenvalue weighted by molar-refractivity contribution is -0.156. The smallest absolute Gasteiger partial charge is 0.331 e. The lowest BCUT2D eigenvalue weighted by atomic mass is 9.83. The second-order valence-electron chi connectivity index (χ2n) is 8.83. The molecule has 8 heteroatoms. The van der Waals surface area contributed by atoms with Crippen molar-refractivity contribution < 1.29 is 38.9 Å². The number of benzene rings is 1. The van der Waals surface area contributed by atoms with E-state index in [1.165, 1.54) is 44.1 Å². The summed E-state index contributed by atoms with van der Waals surface area (Å²) in [5.74, 6) is -3.60. The van der Waals surface area contributed by atoms with E-state index >= 15 is 0 Å². The summed E-state index contributed by atoms with van der Waals surface area (Å²) in [6, 6.07) is 7.90. The van der Waals surface area contributed by atoms with Gasteiger partial charge in [-0.15, -0.1) is 0 Å². The second-order valence-corrected chi connectivity index (χ2v) is 8.83. The molecule has 2 N–H and O–H groups in total. The fourth-order valence-corrected chi connectivity index (χ4v) is 4.02. The van der Waals surface area contributed by atoms with Crippen LogP contribution in [-0.2, 0) is 34.1 Å². The molecule has 0 unspecified atom stereocenters. The van der Waals surface area contributed by atoms with Gasteiger partial charge in [0.15, 0.2) is 5.41 Å². The van der Waals surface area contributed by atoms with E-state index in [1.807, 2.05) is 0 Å². The van der Waals surface area contributed by atoms with E-state index in [-0.39, 0.29) is 17.8 Å². The molecule has 0 atom stereocenters. The number of carbonyl (C=O) groups is 4. The highest BCUT2D eigenvalue weighted by atomic mass is 16.5. The number of hydrogen-bond donors (Lipinski definition) is 2. The van der Waals surface area contributed by atoms with Gasteiger partial charge in [-0.3, -0.25) is 9.59 Å². The summed E-state index contributed by atoms with van der Waals surface area (Å²) in [5, 5.41) is 17.8. The Morgan fingerprint density at radius 1 is 0.735 bits per heavy atom. The predicted molar refractivity (Wildman–Crippen MR) is 124 cm³/mol. The van der Waals surface area contributed by atoms with Crippen LogP contribution in [0, 0.1) is 0 Å². The van der Waals surface area contributed by atoms with Crippen molar-refractivity contribution >= 4 is 23.9 Å². The summed E-state index contributed by atoms with van der Waals surface area (Å²) < 4.78 is 10.6. The van der Waals surface area contributed by atoms with Gasteiger partial charge >= 0.3 is 23.9 Å². The quantitative estimate of drug-likeness (QED) is 0.338. The molecule has 0 amide bonds. The van der Waals surface area contributed by atoms with E-state index in [1.54, 1.807) is 18.2 Å². The Hall–Kier alpha value is -3.16. The van der Waals surface area contributed by atoms with Crippen molar-refractivity contribution in [2.24, 2.45) is 0 Å². The molecule has 3 rings (SSSR count). The van der Waals surface area contributed by atoms with E-state index in [9.17, 15) is 19.2 Å². The van der Waals surface area contributed by atoms with Crippen molar-refractivity contribution in [3.63, 3.8) is 0 Å². The topological polar surface area (TPSA) is 127 Å². The van der Waals surface area contributed by atoms with E-state index < -0.39 is 29.3 Å². The first kappa shape index (κ1) is 27.1. The fraction of sp³-hybridized carbons (Fsp3) is 0.538. The Labute approximate surface area is 199 Å². The lowest BCUT2D eigenvalue weighted by Crippen LogP contribution is -2.40. The first-order chi connectivity index (χ1) is 16.2. The van der Waals surface area contributed by atoms with Crippen LogP contribution in [0.2, 0.25) is 0 Å². The van der Waals surface area contributed by atoms with Gasteiger partial charge in [0.25, 0.3) is 0 Å². The highest BCUT2D eigenvalue weighted by Crippen LogP contribution is 2.24. The van der Waals surface area contributed by atoms with Crippen LogP contribution in [0.15, 0.2) is 42.5 Å². The van der Waals surface area contributed by atoms with Crippen molar-refractivity contribution in [1.29, 1.82) is 0 Å². The van der Waals surface area contributed by atoms with Crippen LogP contribution in [0.4, 0.5) is 0 Å². The summed E-state index contributed by atoms with van der Waals surface area (Å²) >= 11 is 0. The first-order valence-electron chi connectivity index (χ1n) is 11.8. The van der Waals surface area contributed by atoms with E-state index in [0.717, 1.165) is 51.4 Å². The van der Waals surface area contributed by atoms with Gasteiger partial charge in [0.2, 0.25) is 0 Å². The minimum atomic E-state index is -1.87. The number of carboxylic acid groups (broad SMARTS) is 2. The van der Waals surface area contributed by atoms with Crippen molar-refractivity contribution in [3.05, 3.63) is 48.0 Å². The van der Waals surface area contributed by atoms with Gasteiger partial charge in [-0.1, -0.05) is 43.2 Å². The minimum Gasteiger partial charge on any atom is -0.480 e. The summed E-state index contributed by atoms with van der Waals surface area (Å²) in [7, 11) is 0. The van der Waals surface area contributed by atoms with Crippen LogP contribution < -0.4 is 0 Å². The monoisotopic (exact) mass is 474 g/mol. The summed E-state index contributed by atoms with van der Waals surface area (Å²) in [4.78, 5) is 44.9. The Kier molecular flexibility index (Phi) is 10.8. The molecular formula is C26H34O8. The zero-order chi connectivity index (χ0) is 25.0. The molecule has 2 fully saturated rings. The molecule has 2 saturated carbocycles. The largest absolute Gasteiger partial charge is 0.480 e. The van der Waals surface area contributed by atoms with Crippen LogP contribution in [0.3, 0.4) is 0 Å². The second kappa shape index (κ2) is 13.5. The lowest BCUT2D eigenvalue weighted by Gasteiger charge is -2.21. The van der Waals surface area contributed by atoms with E-state index in [4.69, 9.17) is 19.7 Å². The molecule has 0 bridgehead atoms. The van der Waals surface area contributed by atoms with Gasteiger partial charge in [0, 0.05) is 12.2 Å². The number of ether oxygens (including phenoxy) is 2. The van der Waals surface area contributed by atoms with Crippen molar-refractivity contribution in [3.8, 4) is 0 Å². The normalized spacial score (nSPS) is 17.3. The molecule has 2 aliphatic rings. The number of rotatable bonds is 7. The van der Waals surface area contributed by atoms with Gasteiger partial charge in [-0.25, -0.2) is 9.59 Å². The maximum Gasteiger partial charge on any atom is 0.331 e. The molecule has 1 aromatic carbocycles. The number of esters is 2. The molecule has 0 radical (unpaired) electrons. The number of aliphatic carboxylic acids is 2. The van der Waals surface area contributed by atoms with Crippen LogP contribution in [0.1, 0.15) is 76.7 Å². The predicted octanol–water partition coefficient (Wildman–Crippen LogP) is 4.41. The van der Waals surface area contributed by atoms with E-state index in [2.05, 4.69) is 0 Å². The third-order valence-corrected chi connectivity index (χ3v) is 6.23. The van der Waals surface area contributed by atoms with Gasteiger partial charge in [0.1, 0.15) is 12.2 Å². The highest BCUT2D eigenvalue weighted by Gasteiger charge is 2.43. The van der Waals surface area contributed by atoms with Gasteiger partial charge in [-0.05, 0) is 63.9 Å². The summed E-state index contributed by atoms with van der Waals surface area (Å²) in [6.07, 6.45) is 13.1. The van der Waals surface area contributed by atoms with Crippen LogP contribution >= 0.6 is 0 Å². The number of carbonyl (C=O) groups excluding carboxylic acids is 2. The molecule has 0 spiro atoms. The highest BCUT2D eigenvalue weighted by molar-refractivity contribution is 6.04. The van der Waals surface area contributed by atoms with Crippen LogP contribution in [0.25, 0.3) is 0 Å². The third-order valence-electron chi connectivity index (χ3n) is 6.23. The van der Waals surface area contributed by atoms with Crippen LogP contribution in [-0.4, -0.2) is 46.3 Å². The SMILES string of the molecule is CC(C(=O)O)(C(=O)O)c1ccccc1.O=C(/C=C\C(=O)OC1CCCCC1)OC1CCCCC1. The zero-order valence-electron chi connectivity index (χ0n) is 19.6. The maximum atomic E-state index is 11.6. The summed E-state index contributed by atoms with van der Waals surface area (Å²) in [5.41, 5.74) is -1.61. The number of carboxylic acids is 2. The van der Waals surface area contributed by atoms with Gasteiger partial charge in [0.05, 0.1) is 0 Å². The third kappa shape index (κ3) is 8.32. The first-order valence-corrected chi connectivity index (χ1v) is 11.8. The molecule has 0 aromatic heterocycles. The Balaban J connectivity index is 0.000000257. The zero-order valence-corrected chi connectivity index (χ0v) is 19.6. The Morgan fingerprint density at radius 2 is 1.12 bits per heavy atom. The minimum absolute atomic E-state index is 0.0234. The molecule has 1 aromatic rings. The molecular weight excluding hydrogens is 440 g/mol. The molecule has 0 aliphatic heterocycles. The molecule has 2 aliphatic carbocycles. The van der Waals surface area contributed by atoms with Gasteiger partial charge < -0.3 is 19.7 Å². The molecule has 34 heavy (non-hydrogen) atoms. The molecule has 8 nitrogen and oxygen atoms in total. The van der Waals surface area contributed by atoms with Crippen molar-refractivity contribution in [2.75, 3.05) is 0 Å². The van der Waals surface area contributed by atoms with Crippen LogP contribution in [0.5, 0.6) is 0 Å². The fourth-order valence-electron chi connectivity index (χ4n) is 4.02. The standard InChI is InChI=1S/C16H24O4.C10H10O4/c17-15(19-13-7-3-1-4-8-13)11-12-16(18)20-14-9-5-2-6-10-14;1-10(8(11)12,9(13)14)7-5-3-2-4-6-7/h11-14H,1-10H2;2-6H,1H3,(H,11,12)(H,13,14)/b12-11-;. The molecule has 0 heterocycles. The maximum absolute atomic E-state index is 11.6. The van der Waals surface area contributed by atoms with Gasteiger partial charge in [-0.2, -0.15) is 0 Å². The number of hydrogen-bond acceptors (Lipinski definition) is 6. The Bertz CT molecular complexity index is 801. The molecule has 186 valence electrons. The summed E-state index contributed by atoms with van der Waals surface area (Å²) in [6.45, 7) is 1.17. The molecule has 0 saturated heterocycles. The van der Waals surface area contributed by atoms with E-state index in [0.29, 0.717) is 0 Å².